The number of nitrogens with one attached hydrogen (secondary N) is 4. The average Bonchev–Trinajstić information content (AvgIpc) is 2.81. The Bertz CT molecular complexity index is 1190. The van der Waals surface area contributed by atoms with Gasteiger partial charge in [-0.05, 0) is 63.1 Å². The lowest BCUT2D eigenvalue weighted by molar-refractivity contribution is 0.102. The fourth-order valence-electron chi connectivity index (χ4n) is 4.30. The van der Waals surface area contributed by atoms with Crippen LogP contribution in [0, 0.1) is 12.3 Å². The number of hydrogen-bond acceptors (Lipinski definition) is 6. The van der Waals surface area contributed by atoms with Gasteiger partial charge in [-0.2, -0.15) is 4.98 Å². The second kappa shape index (κ2) is 13.1. The number of benzene rings is 2. The maximum absolute atomic E-state index is 12.8. The van der Waals surface area contributed by atoms with E-state index in [4.69, 9.17) is 15.9 Å². The highest BCUT2D eigenvalue weighted by Gasteiger charge is 2.26. The number of hydrogen-bond donors (Lipinski definition) is 5. The molecule has 1 saturated carbocycles. The lowest BCUT2D eigenvalue weighted by Crippen LogP contribution is -2.50. The zero-order valence-electron chi connectivity index (χ0n) is 20.3. The monoisotopic (exact) mass is 533 g/mol. The van der Waals surface area contributed by atoms with E-state index in [1.165, 1.54) is 0 Å². The summed E-state index contributed by atoms with van der Waals surface area (Å²) in [6.45, 7) is 4.50. The second-order valence-corrected chi connectivity index (χ2v) is 8.53. The van der Waals surface area contributed by atoms with Crippen molar-refractivity contribution in [3.05, 3.63) is 53.6 Å². The minimum Gasteiger partial charge on any atom is -0.494 e. The Morgan fingerprint density at radius 1 is 1.08 bits per heavy atom. The van der Waals surface area contributed by atoms with Crippen LogP contribution in [0.3, 0.4) is 0 Å². The molecular weight excluding hydrogens is 501 g/mol. The first kappa shape index (κ1) is 28.9. The molecule has 0 aliphatic heterocycles. The van der Waals surface area contributed by atoms with Crippen LogP contribution >= 0.6 is 24.8 Å². The number of fused-ring (bicyclic) bond motifs is 1. The molecule has 0 radical (unpaired) electrons. The van der Waals surface area contributed by atoms with Crippen LogP contribution in [0.15, 0.2) is 42.5 Å². The molecular formula is C25H33Cl2N7O2. The maximum atomic E-state index is 12.8. The van der Waals surface area contributed by atoms with E-state index in [1.54, 1.807) is 24.3 Å². The summed E-state index contributed by atoms with van der Waals surface area (Å²) >= 11 is 0. The van der Waals surface area contributed by atoms with Gasteiger partial charge < -0.3 is 21.1 Å². The fraction of sp³-hybridized carbons (Fsp3) is 0.360. The van der Waals surface area contributed by atoms with E-state index >= 15 is 0 Å². The molecule has 0 saturated heterocycles. The molecule has 1 aromatic heterocycles. The van der Waals surface area contributed by atoms with Crippen LogP contribution in [0.1, 0.15) is 48.5 Å². The summed E-state index contributed by atoms with van der Waals surface area (Å²) in [6, 6.07) is 13.0. The van der Waals surface area contributed by atoms with Crippen LogP contribution in [-0.2, 0) is 0 Å². The molecule has 2 atom stereocenters. The molecule has 6 N–H and O–H groups in total. The van der Waals surface area contributed by atoms with E-state index in [-0.39, 0.29) is 54.7 Å². The summed E-state index contributed by atoms with van der Waals surface area (Å²) in [5.41, 5.74) is 7.93. The van der Waals surface area contributed by atoms with Crippen molar-refractivity contribution < 1.29 is 9.53 Å². The first-order chi connectivity index (χ1) is 16.4. The van der Waals surface area contributed by atoms with Gasteiger partial charge in [-0.1, -0.05) is 24.5 Å². The van der Waals surface area contributed by atoms with E-state index in [1.807, 2.05) is 32.0 Å². The molecule has 0 spiro atoms. The highest BCUT2D eigenvalue weighted by atomic mass is 35.5. The summed E-state index contributed by atoms with van der Waals surface area (Å²) in [7, 11) is 0. The Labute approximate surface area is 223 Å². The predicted molar refractivity (Wildman–Crippen MR) is 149 cm³/mol. The van der Waals surface area contributed by atoms with E-state index < -0.39 is 0 Å². The standard InChI is InChI=1S/C25H31N7O2.2ClH/c1-3-34-17-11-9-16(10-12-17)23(33)32-25-30-19-13-8-15(2)14-18(19)22(31-25)28-20-6-4-5-7-21(20)29-24(26)27;;/h8-14,20-21H,3-7H2,1-2H3,(H4,26,27,29)(H2,28,30,31,32,33);2*1H/t20-,21+;;/m0../s1. The lowest BCUT2D eigenvalue weighted by Gasteiger charge is -2.33. The van der Waals surface area contributed by atoms with E-state index in [2.05, 4.69) is 25.9 Å². The van der Waals surface area contributed by atoms with Gasteiger partial charge in [0.15, 0.2) is 5.96 Å². The Kier molecular flexibility index (Phi) is 10.6. The highest BCUT2D eigenvalue weighted by Crippen LogP contribution is 2.28. The van der Waals surface area contributed by atoms with Crippen molar-refractivity contribution in [2.75, 3.05) is 17.2 Å². The van der Waals surface area contributed by atoms with Gasteiger partial charge in [0.25, 0.3) is 5.91 Å². The topological polar surface area (TPSA) is 138 Å². The summed E-state index contributed by atoms with van der Waals surface area (Å²) in [6.07, 6.45) is 4.00. The summed E-state index contributed by atoms with van der Waals surface area (Å²) in [5.74, 6) is 1.26. The van der Waals surface area contributed by atoms with E-state index in [0.29, 0.717) is 23.7 Å². The molecule has 4 rings (SSSR count). The fourth-order valence-corrected chi connectivity index (χ4v) is 4.30. The molecule has 3 aromatic rings. The first-order valence-electron chi connectivity index (χ1n) is 11.6. The third kappa shape index (κ3) is 7.11. The van der Waals surface area contributed by atoms with Gasteiger partial charge in [-0.15, -0.1) is 24.8 Å². The number of anilines is 2. The average molecular weight is 534 g/mol. The third-order valence-electron chi connectivity index (χ3n) is 5.93. The number of carbonyl (C=O) groups excluding carboxylic acids is 1. The van der Waals surface area contributed by atoms with E-state index in [9.17, 15) is 4.79 Å². The van der Waals surface area contributed by atoms with Crippen molar-refractivity contribution in [1.82, 2.24) is 15.3 Å². The molecule has 36 heavy (non-hydrogen) atoms. The molecule has 1 aliphatic carbocycles. The smallest absolute Gasteiger partial charge is 0.258 e. The third-order valence-corrected chi connectivity index (χ3v) is 5.93. The Morgan fingerprint density at radius 3 is 2.44 bits per heavy atom. The van der Waals surface area contributed by atoms with Crippen LogP contribution in [-0.4, -0.2) is 40.5 Å². The minimum atomic E-state index is -0.297. The number of amides is 1. The van der Waals surface area contributed by atoms with Gasteiger partial charge in [-0.25, -0.2) is 4.98 Å². The number of halogens is 2. The van der Waals surface area contributed by atoms with Gasteiger partial charge in [0.2, 0.25) is 5.95 Å². The van der Waals surface area contributed by atoms with Crippen LogP contribution in [0.5, 0.6) is 5.75 Å². The van der Waals surface area contributed by atoms with Gasteiger partial charge in [0, 0.05) is 23.0 Å². The zero-order chi connectivity index (χ0) is 24.1. The van der Waals surface area contributed by atoms with Crippen molar-refractivity contribution >= 4 is 59.3 Å². The van der Waals surface area contributed by atoms with Crippen LogP contribution in [0.4, 0.5) is 11.8 Å². The van der Waals surface area contributed by atoms with Gasteiger partial charge in [0.1, 0.15) is 11.6 Å². The SMILES string of the molecule is CCOc1ccc(C(=O)Nc2nc(N[C@H]3CCCC[C@H]3NC(=N)N)c3cc(C)ccc3n2)cc1.Cl.Cl. The number of nitrogens with two attached hydrogens (primary N) is 1. The van der Waals surface area contributed by atoms with E-state index in [0.717, 1.165) is 42.1 Å². The second-order valence-electron chi connectivity index (χ2n) is 8.53. The molecule has 9 nitrogen and oxygen atoms in total. The number of aromatic nitrogens is 2. The van der Waals surface area contributed by atoms with Gasteiger partial charge in [-0.3, -0.25) is 15.5 Å². The highest BCUT2D eigenvalue weighted by molar-refractivity contribution is 6.04. The number of carbonyl (C=O) groups is 1. The Balaban J connectivity index is 0.00000228. The van der Waals surface area contributed by atoms with Crippen LogP contribution in [0.25, 0.3) is 10.9 Å². The normalized spacial score (nSPS) is 16.7. The summed E-state index contributed by atoms with van der Waals surface area (Å²) < 4.78 is 5.45. The van der Waals surface area contributed by atoms with Gasteiger partial charge >= 0.3 is 0 Å². The number of rotatable bonds is 7. The zero-order valence-corrected chi connectivity index (χ0v) is 22.0. The van der Waals surface area contributed by atoms with Crippen molar-refractivity contribution in [3.63, 3.8) is 0 Å². The molecule has 11 heteroatoms. The van der Waals surface area contributed by atoms with Crippen LogP contribution in [0.2, 0.25) is 0 Å². The first-order valence-corrected chi connectivity index (χ1v) is 11.6. The lowest BCUT2D eigenvalue weighted by atomic mass is 9.90. The van der Waals surface area contributed by atoms with Crippen molar-refractivity contribution in [1.29, 1.82) is 5.41 Å². The molecule has 0 bridgehead atoms. The maximum Gasteiger partial charge on any atom is 0.258 e. The Hall–Kier alpha value is -3.30. The minimum absolute atomic E-state index is 0. The molecule has 1 heterocycles. The number of nitrogens with zero attached hydrogens (tertiary/aromatic N) is 2. The Morgan fingerprint density at radius 2 is 1.78 bits per heavy atom. The molecule has 194 valence electrons. The molecule has 2 aromatic carbocycles. The quantitative estimate of drug-likeness (QED) is 0.220. The number of aryl methyl sites for hydroxylation is 1. The van der Waals surface area contributed by atoms with Crippen molar-refractivity contribution in [2.45, 2.75) is 51.6 Å². The molecule has 0 unspecified atom stereocenters. The molecule has 1 amide bonds. The largest absolute Gasteiger partial charge is 0.494 e. The van der Waals surface area contributed by atoms with Crippen molar-refractivity contribution in [2.24, 2.45) is 5.73 Å². The summed E-state index contributed by atoms with van der Waals surface area (Å²) in [4.78, 5) is 22.1. The summed E-state index contributed by atoms with van der Waals surface area (Å²) in [5, 5.41) is 18.0. The van der Waals surface area contributed by atoms with Gasteiger partial charge in [0.05, 0.1) is 12.1 Å². The number of guanidine groups is 1. The van der Waals surface area contributed by atoms with Crippen LogP contribution < -0.4 is 26.4 Å². The van der Waals surface area contributed by atoms with Crippen molar-refractivity contribution in [3.8, 4) is 5.75 Å². The molecule has 1 aliphatic rings. The molecule has 1 fully saturated rings. The predicted octanol–water partition coefficient (Wildman–Crippen LogP) is 4.64. The number of ether oxygens (including phenoxy) is 1.